The molecule has 1 fully saturated rings. The number of benzene rings is 1. The molecule has 0 bridgehead atoms. The number of carbonyl (C=O) groups is 1. The molecule has 0 aliphatic carbocycles. The van der Waals surface area contributed by atoms with Gasteiger partial charge in [-0.15, -0.1) is 11.3 Å². The van der Waals surface area contributed by atoms with E-state index in [4.69, 9.17) is 4.74 Å². The first-order valence-corrected chi connectivity index (χ1v) is 9.94. The standard InChI is InChI=1S/C20H25N3O2S/c1-2-25-19(24)9-8-18-15-26-20(22-18)21-17-10-12-23(13-11-17)14-16-6-4-3-5-7-16/h3-9,15,17H,2,10-14H2,1H3,(H,21,22). The molecule has 6 heteroatoms. The number of esters is 1. The van der Waals surface area contributed by atoms with Gasteiger partial charge in [-0.05, 0) is 31.4 Å². The van der Waals surface area contributed by atoms with Crippen molar-refractivity contribution < 1.29 is 9.53 Å². The highest BCUT2D eigenvalue weighted by molar-refractivity contribution is 7.13. The van der Waals surface area contributed by atoms with E-state index in [2.05, 4.69) is 45.5 Å². The first-order valence-electron chi connectivity index (χ1n) is 9.06. The monoisotopic (exact) mass is 371 g/mol. The van der Waals surface area contributed by atoms with Gasteiger partial charge in [0, 0.05) is 37.1 Å². The van der Waals surface area contributed by atoms with Crippen molar-refractivity contribution in [2.24, 2.45) is 0 Å². The average molecular weight is 372 g/mol. The molecule has 0 radical (unpaired) electrons. The van der Waals surface area contributed by atoms with Gasteiger partial charge in [-0.3, -0.25) is 4.90 Å². The SMILES string of the molecule is CCOC(=O)C=Cc1csc(NC2CCN(Cc3ccccc3)CC2)n1. The number of rotatable bonds is 7. The van der Waals surface area contributed by atoms with Gasteiger partial charge in [-0.25, -0.2) is 9.78 Å². The number of ether oxygens (including phenoxy) is 1. The number of nitrogens with zero attached hydrogens (tertiary/aromatic N) is 2. The maximum absolute atomic E-state index is 11.3. The number of likely N-dealkylation sites (tertiary alicyclic amines) is 1. The number of hydrogen-bond donors (Lipinski definition) is 1. The van der Waals surface area contributed by atoms with Crippen molar-refractivity contribution in [2.45, 2.75) is 32.4 Å². The Labute approximate surface area is 158 Å². The second-order valence-electron chi connectivity index (χ2n) is 6.34. The lowest BCUT2D eigenvalue weighted by Gasteiger charge is -2.32. The maximum Gasteiger partial charge on any atom is 0.330 e. The van der Waals surface area contributed by atoms with E-state index in [-0.39, 0.29) is 5.97 Å². The fourth-order valence-corrected chi connectivity index (χ4v) is 3.78. The summed E-state index contributed by atoms with van der Waals surface area (Å²) < 4.78 is 4.87. The van der Waals surface area contributed by atoms with Gasteiger partial charge in [-0.2, -0.15) is 0 Å². The van der Waals surface area contributed by atoms with Gasteiger partial charge in [0.25, 0.3) is 0 Å². The molecule has 1 aromatic carbocycles. The zero-order valence-electron chi connectivity index (χ0n) is 15.1. The third kappa shape index (κ3) is 5.68. The van der Waals surface area contributed by atoms with Crippen molar-refractivity contribution in [2.75, 3.05) is 25.0 Å². The number of piperidine rings is 1. The first-order chi connectivity index (χ1) is 12.7. The number of hydrogen-bond acceptors (Lipinski definition) is 6. The van der Waals surface area contributed by atoms with E-state index in [1.165, 1.54) is 11.6 Å². The Morgan fingerprint density at radius 3 is 2.85 bits per heavy atom. The summed E-state index contributed by atoms with van der Waals surface area (Å²) in [5, 5.41) is 6.39. The zero-order chi connectivity index (χ0) is 18.2. The van der Waals surface area contributed by atoms with Crippen LogP contribution in [0.15, 0.2) is 41.8 Å². The van der Waals surface area contributed by atoms with Crippen LogP contribution in [0.4, 0.5) is 5.13 Å². The molecule has 3 rings (SSSR count). The minimum absolute atomic E-state index is 0.333. The summed E-state index contributed by atoms with van der Waals surface area (Å²) in [6.45, 7) is 5.38. The van der Waals surface area contributed by atoms with Gasteiger partial charge in [0.2, 0.25) is 0 Å². The third-order valence-electron chi connectivity index (χ3n) is 4.36. The highest BCUT2D eigenvalue weighted by Crippen LogP contribution is 2.21. The largest absolute Gasteiger partial charge is 0.463 e. The van der Waals surface area contributed by atoms with E-state index in [0.717, 1.165) is 43.3 Å². The van der Waals surface area contributed by atoms with Crippen LogP contribution in [0.25, 0.3) is 6.08 Å². The Morgan fingerprint density at radius 1 is 1.35 bits per heavy atom. The van der Waals surface area contributed by atoms with Crippen LogP contribution >= 0.6 is 11.3 Å². The van der Waals surface area contributed by atoms with Crippen molar-refractivity contribution >= 4 is 28.5 Å². The minimum Gasteiger partial charge on any atom is -0.463 e. The third-order valence-corrected chi connectivity index (χ3v) is 5.15. The predicted octanol–water partition coefficient (Wildman–Crippen LogP) is 3.80. The summed E-state index contributed by atoms with van der Waals surface area (Å²) in [7, 11) is 0. The molecule has 0 unspecified atom stereocenters. The van der Waals surface area contributed by atoms with Gasteiger partial charge < -0.3 is 10.1 Å². The molecule has 1 saturated heterocycles. The Balaban J connectivity index is 1.44. The van der Waals surface area contributed by atoms with E-state index in [1.54, 1.807) is 24.3 Å². The van der Waals surface area contributed by atoms with Crippen molar-refractivity contribution in [1.82, 2.24) is 9.88 Å². The highest BCUT2D eigenvalue weighted by atomic mass is 32.1. The van der Waals surface area contributed by atoms with E-state index in [0.29, 0.717) is 12.6 Å². The molecule has 1 N–H and O–H groups in total. The summed E-state index contributed by atoms with van der Waals surface area (Å²) in [5.74, 6) is -0.333. The molecule has 1 aliphatic rings. The molecule has 0 atom stereocenters. The minimum atomic E-state index is -0.333. The Bertz CT molecular complexity index is 722. The summed E-state index contributed by atoms with van der Waals surface area (Å²) in [4.78, 5) is 18.4. The number of nitrogens with one attached hydrogen (secondary N) is 1. The molecule has 5 nitrogen and oxygen atoms in total. The second-order valence-corrected chi connectivity index (χ2v) is 7.20. The topological polar surface area (TPSA) is 54.5 Å². The fourth-order valence-electron chi connectivity index (χ4n) is 3.02. The molecule has 2 aromatic rings. The number of anilines is 1. The van der Waals surface area contributed by atoms with Crippen LogP contribution in [0.5, 0.6) is 0 Å². The molecule has 2 heterocycles. The summed E-state index contributed by atoms with van der Waals surface area (Å²) in [5.41, 5.74) is 2.16. The predicted molar refractivity (Wildman–Crippen MR) is 106 cm³/mol. The van der Waals surface area contributed by atoms with E-state index in [9.17, 15) is 4.79 Å². The smallest absolute Gasteiger partial charge is 0.330 e. The van der Waals surface area contributed by atoms with Gasteiger partial charge in [0.15, 0.2) is 5.13 Å². The zero-order valence-corrected chi connectivity index (χ0v) is 15.9. The molecule has 1 aromatic heterocycles. The summed E-state index contributed by atoms with van der Waals surface area (Å²) >= 11 is 1.57. The van der Waals surface area contributed by atoms with Crippen LogP contribution in [0.1, 0.15) is 31.0 Å². The van der Waals surface area contributed by atoms with Crippen molar-refractivity contribution in [3.8, 4) is 0 Å². The molecule has 0 spiro atoms. The van der Waals surface area contributed by atoms with Gasteiger partial charge >= 0.3 is 5.97 Å². The lowest BCUT2D eigenvalue weighted by molar-refractivity contribution is -0.137. The van der Waals surface area contributed by atoms with Crippen LogP contribution in [-0.2, 0) is 16.1 Å². The highest BCUT2D eigenvalue weighted by Gasteiger charge is 2.19. The molecule has 0 saturated carbocycles. The van der Waals surface area contributed by atoms with Crippen molar-refractivity contribution in [3.05, 3.63) is 53.0 Å². The van der Waals surface area contributed by atoms with Crippen LogP contribution in [-0.4, -0.2) is 41.6 Å². The molecular formula is C20H25N3O2S. The molecule has 138 valence electrons. The Morgan fingerprint density at radius 2 is 2.12 bits per heavy atom. The lowest BCUT2D eigenvalue weighted by Crippen LogP contribution is -2.38. The van der Waals surface area contributed by atoms with Crippen LogP contribution in [0, 0.1) is 0 Å². The van der Waals surface area contributed by atoms with Gasteiger partial charge in [0.05, 0.1) is 12.3 Å². The van der Waals surface area contributed by atoms with E-state index in [1.807, 2.05) is 5.38 Å². The second kappa shape index (κ2) is 9.50. The molecule has 0 amide bonds. The van der Waals surface area contributed by atoms with Crippen molar-refractivity contribution in [3.63, 3.8) is 0 Å². The molecular weight excluding hydrogens is 346 g/mol. The number of aromatic nitrogens is 1. The normalized spacial score (nSPS) is 16.0. The first kappa shape index (κ1) is 18.6. The van der Waals surface area contributed by atoms with Gasteiger partial charge in [0.1, 0.15) is 0 Å². The van der Waals surface area contributed by atoms with Crippen LogP contribution in [0.2, 0.25) is 0 Å². The molecule has 26 heavy (non-hydrogen) atoms. The summed E-state index contributed by atoms with van der Waals surface area (Å²) in [6, 6.07) is 11.1. The quantitative estimate of drug-likeness (QED) is 0.593. The Hall–Kier alpha value is -2.18. The summed E-state index contributed by atoms with van der Waals surface area (Å²) in [6.07, 6.45) is 5.34. The molecule has 1 aliphatic heterocycles. The van der Waals surface area contributed by atoms with Crippen LogP contribution < -0.4 is 5.32 Å². The maximum atomic E-state index is 11.3. The lowest BCUT2D eigenvalue weighted by atomic mass is 10.0. The van der Waals surface area contributed by atoms with Gasteiger partial charge in [-0.1, -0.05) is 30.3 Å². The Kier molecular flexibility index (Phi) is 6.80. The van der Waals surface area contributed by atoms with Crippen molar-refractivity contribution in [1.29, 1.82) is 0 Å². The average Bonchev–Trinajstić information content (AvgIpc) is 3.10. The van der Waals surface area contributed by atoms with Crippen LogP contribution in [0.3, 0.4) is 0 Å². The number of carbonyl (C=O) groups excluding carboxylic acids is 1. The van der Waals surface area contributed by atoms with E-state index < -0.39 is 0 Å². The number of thiazole rings is 1. The van der Waals surface area contributed by atoms with E-state index >= 15 is 0 Å². The fraction of sp³-hybridized carbons (Fsp3) is 0.400.